The van der Waals surface area contributed by atoms with Gasteiger partial charge in [0.25, 0.3) is 5.56 Å². The molecule has 1 N–H and O–H groups in total. The molecule has 0 fully saturated rings. The standard InChI is InChI=1S/C25H22ClN3O3S/c1-15-6-2-4-8-19(15)27-21(30)14-28-24-22(18-7-3-5-9-20(18)33-24)23(31)29(25(28)32)17-12-10-16(26)11-13-17/h2,4,6,8,10-13H,3,5,7,9,14H2,1H3,(H,27,30). The zero-order chi connectivity index (χ0) is 23.1. The van der Waals surface area contributed by atoms with Crippen LogP contribution in [-0.4, -0.2) is 15.0 Å². The van der Waals surface area contributed by atoms with Crippen LogP contribution in [0.2, 0.25) is 5.02 Å². The first-order valence-corrected chi connectivity index (χ1v) is 12.0. The number of fused-ring (bicyclic) bond motifs is 3. The smallest absolute Gasteiger partial charge is 0.324 e. The van der Waals surface area contributed by atoms with Gasteiger partial charge in [-0.05, 0) is 74.1 Å². The topological polar surface area (TPSA) is 73.1 Å². The van der Waals surface area contributed by atoms with Gasteiger partial charge in [0.05, 0.1) is 11.1 Å². The number of benzene rings is 2. The third kappa shape index (κ3) is 3.92. The molecule has 2 aromatic heterocycles. The van der Waals surface area contributed by atoms with Crippen molar-refractivity contribution in [1.82, 2.24) is 9.13 Å². The molecule has 0 aliphatic heterocycles. The lowest BCUT2D eigenvalue weighted by Crippen LogP contribution is -2.40. The average Bonchev–Trinajstić information content (AvgIpc) is 3.19. The molecule has 0 unspecified atom stereocenters. The average molecular weight is 480 g/mol. The molecule has 1 aliphatic rings. The number of rotatable bonds is 4. The van der Waals surface area contributed by atoms with E-state index in [1.807, 2.05) is 31.2 Å². The molecule has 168 valence electrons. The fourth-order valence-electron chi connectivity index (χ4n) is 4.37. The second-order valence-corrected chi connectivity index (χ2v) is 9.76. The van der Waals surface area contributed by atoms with Gasteiger partial charge in [0.1, 0.15) is 11.4 Å². The largest absolute Gasteiger partial charge is 0.337 e. The molecule has 0 saturated carbocycles. The van der Waals surface area contributed by atoms with E-state index in [1.165, 1.54) is 15.9 Å². The van der Waals surface area contributed by atoms with Crippen LogP contribution in [0.3, 0.4) is 0 Å². The van der Waals surface area contributed by atoms with Gasteiger partial charge in [0, 0.05) is 15.6 Å². The highest BCUT2D eigenvalue weighted by Gasteiger charge is 2.25. The number of thiophene rings is 1. The fraction of sp³-hybridized carbons (Fsp3) is 0.240. The summed E-state index contributed by atoms with van der Waals surface area (Å²) >= 11 is 7.48. The van der Waals surface area contributed by atoms with Crippen molar-refractivity contribution in [2.45, 2.75) is 39.2 Å². The minimum atomic E-state index is -0.534. The number of halogens is 1. The molecule has 0 radical (unpaired) electrons. The maximum absolute atomic E-state index is 13.6. The van der Waals surface area contributed by atoms with Gasteiger partial charge >= 0.3 is 5.69 Å². The number of aromatic nitrogens is 2. The first-order chi connectivity index (χ1) is 15.9. The van der Waals surface area contributed by atoms with E-state index in [4.69, 9.17) is 11.6 Å². The molecule has 1 amide bonds. The number of carbonyl (C=O) groups is 1. The summed E-state index contributed by atoms with van der Waals surface area (Å²) in [6.45, 7) is 1.73. The van der Waals surface area contributed by atoms with Crippen molar-refractivity contribution in [3.63, 3.8) is 0 Å². The predicted octanol–water partition coefficient (Wildman–Crippen LogP) is 4.69. The number of carbonyl (C=O) groups excluding carboxylic acids is 1. The molecule has 2 aromatic carbocycles. The maximum atomic E-state index is 13.6. The van der Waals surface area contributed by atoms with Gasteiger partial charge in [-0.15, -0.1) is 11.3 Å². The summed E-state index contributed by atoms with van der Waals surface area (Å²) in [5, 5.41) is 3.96. The van der Waals surface area contributed by atoms with Crippen molar-refractivity contribution in [3.8, 4) is 5.69 Å². The van der Waals surface area contributed by atoms with Crippen molar-refractivity contribution in [2.75, 3.05) is 5.32 Å². The lowest BCUT2D eigenvalue weighted by Gasteiger charge is -2.14. The minimum Gasteiger partial charge on any atom is -0.324 e. The van der Waals surface area contributed by atoms with Crippen LogP contribution < -0.4 is 16.6 Å². The van der Waals surface area contributed by atoms with Crippen molar-refractivity contribution >= 4 is 44.7 Å². The van der Waals surface area contributed by atoms with E-state index in [1.54, 1.807) is 24.3 Å². The van der Waals surface area contributed by atoms with E-state index in [0.717, 1.165) is 46.3 Å². The summed E-state index contributed by atoms with van der Waals surface area (Å²) in [5.74, 6) is -0.319. The van der Waals surface area contributed by atoms with Gasteiger partial charge in [-0.2, -0.15) is 0 Å². The highest BCUT2D eigenvalue weighted by Crippen LogP contribution is 2.34. The third-order valence-electron chi connectivity index (χ3n) is 6.04. The molecule has 4 aromatic rings. The van der Waals surface area contributed by atoms with Crippen LogP contribution in [0, 0.1) is 6.92 Å². The number of hydrogen-bond acceptors (Lipinski definition) is 4. The van der Waals surface area contributed by atoms with E-state index >= 15 is 0 Å². The van der Waals surface area contributed by atoms with Crippen LogP contribution >= 0.6 is 22.9 Å². The summed E-state index contributed by atoms with van der Waals surface area (Å²) in [4.78, 5) is 41.8. The summed E-state index contributed by atoms with van der Waals surface area (Å²) in [5.41, 5.74) is 2.20. The van der Waals surface area contributed by atoms with Gasteiger partial charge < -0.3 is 5.32 Å². The fourth-order valence-corrected chi connectivity index (χ4v) is 5.87. The molecule has 0 spiro atoms. The molecular weight excluding hydrogens is 458 g/mol. The van der Waals surface area contributed by atoms with E-state index in [0.29, 0.717) is 26.6 Å². The molecule has 6 nitrogen and oxygen atoms in total. The number of amides is 1. The lowest BCUT2D eigenvalue weighted by molar-refractivity contribution is -0.116. The number of para-hydroxylation sites is 1. The van der Waals surface area contributed by atoms with Crippen LogP contribution in [-0.2, 0) is 24.2 Å². The van der Waals surface area contributed by atoms with Crippen molar-refractivity contribution in [2.24, 2.45) is 0 Å². The summed E-state index contributed by atoms with van der Waals surface area (Å²) in [7, 11) is 0. The molecule has 0 saturated heterocycles. The normalized spacial score (nSPS) is 13.2. The monoisotopic (exact) mass is 479 g/mol. The zero-order valence-electron chi connectivity index (χ0n) is 18.1. The molecule has 0 bridgehead atoms. The van der Waals surface area contributed by atoms with Crippen LogP contribution in [0.25, 0.3) is 15.9 Å². The third-order valence-corrected chi connectivity index (χ3v) is 7.61. The SMILES string of the molecule is Cc1ccccc1NC(=O)Cn1c(=O)n(-c2ccc(Cl)cc2)c(=O)c2c3c(sc21)CCCC3. The van der Waals surface area contributed by atoms with Gasteiger partial charge in [0.15, 0.2) is 0 Å². The van der Waals surface area contributed by atoms with Gasteiger partial charge in [0.2, 0.25) is 5.91 Å². The highest BCUT2D eigenvalue weighted by molar-refractivity contribution is 7.18. The Bertz CT molecular complexity index is 1500. The molecule has 8 heteroatoms. The highest BCUT2D eigenvalue weighted by atomic mass is 35.5. The predicted molar refractivity (Wildman–Crippen MR) is 133 cm³/mol. The Balaban J connectivity index is 1.68. The van der Waals surface area contributed by atoms with Crippen LogP contribution in [0.4, 0.5) is 5.69 Å². The van der Waals surface area contributed by atoms with E-state index in [9.17, 15) is 14.4 Å². The number of nitrogens with zero attached hydrogens (tertiary/aromatic N) is 2. The Morgan fingerprint density at radius 2 is 1.79 bits per heavy atom. The molecule has 5 rings (SSSR count). The molecule has 33 heavy (non-hydrogen) atoms. The number of nitrogens with one attached hydrogen (secondary N) is 1. The summed E-state index contributed by atoms with van der Waals surface area (Å²) < 4.78 is 2.59. The Morgan fingerprint density at radius 3 is 2.55 bits per heavy atom. The number of hydrogen-bond donors (Lipinski definition) is 1. The quantitative estimate of drug-likeness (QED) is 0.461. The Kier molecular flexibility index (Phi) is 5.68. The summed E-state index contributed by atoms with van der Waals surface area (Å²) in [6.07, 6.45) is 3.76. The number of aryl methyl sites for hydroxylation is 3. The van der Waals surface area contributed by atoms with Crippen LogP contribution in [0.5, 0.6) is 0 Å². The van der Waals surface area contributed by atoms with Crippen LogP contribution in [0.1, 0.15) is 28.8 Å². The van der Waals surface area contributed by atoms with Crippen molar-refractivity contribution in [1.29, 1.82) is 0 Å². The van der Waals surface area contributed by atoms with E-state index in [2.05, 4.69) is 5.32 Å². The second-order valence-electron chi connectivity index (χ2n) is 8.24. The molecule has 0 atom stereocenters. The second kappa shape index (κ2) is 8.65. The summed E-state index contributed by atoms with van der Waals surface area (Å²) in [6, 6.07) is 14.1. The first kappa shape index (κ1) is 21.7. The van der Waals surface area contributed by atoms with Crippen molar-refractivity contribution in [3.05, 3.63) is 90.4 Å². The lowest BCUT2D eigenvalue weighted by atomic mass is 9.97. The maximum Gasteiger partial charge on any atom is 0.337 e. The van der Waals surface area contributed by atoms with Crippen molar-refractivity contribution < 1.29 is 4.79 Å². The van der Waals surface area contributed by atoms with Gasteiger partial charge in [-0.3, -0.25) is 14.2 Å². The Morgan fingerprint density at radius 1 is 1.06 bits per heavy atom. The van der Waals surface area contributed by atoms with E-state index < -0.39 is 5.69 Å². The molecular formula is C25H22ClN3O3S. The van der Waals surface area contributed by atoms with Gasteiger partial charge in [-0.1, -0.05) is 29.8 Å². The van der Waals surface area contributed by atoms with Crippen LogP contribution in [0.15, 0.2) is 58.1 Å². The minimum absolute atomic E-state index is 0.184. The zero-order valence-corrected chi connectivity index (χ0v) is 19.6. The Hall–Kier alpha value is -3.16. The van der Waals surface area contributed by atoms with E-state index in [-0.39, 0.29) is 18.0 Å². The molecule has 1 aliphatic carbocycles. The molecule has 2 heterocycles. The Labute approximate surface area is 199 Å². The van der Waals surface area contributed by atoms with Gasteiger partial charge in [-0.25, -0.2) is 9.36 Å². The first-order valence-electron chi connectivity index (χ1n) is 10.9. The number of anilines is 1.